The molecule has 110 valence electrons. The van der Waals surface area contributed by atoms with Crippen LogP contribution in [0, 0.1) is 5.41 Å². The Labute approximate surface area is 118 Å². The van der Waals surface area contributed by atoms with Crippen LogP contribution < -0.4 is 5.32 Å². The van der Waals surface area contributed by atoms with Crippen LogP contribution in [0.5, 0.6) is 0 Å². The normalized spacial score (nSPS) is 25.1. The summed E-state index contributed by atoms with van der Waals surface area (Å²) in [5.41, 5.74) is -0.940. The Morgan fingerprint density at radius 1 is 1.30 bits per heavy atom. The summed E-state index contributed by atoms with van der Waals surface area (Å²) in [6.45, 7) is 4.10. The zero-order valence-corrected chi connectivity index (χ0v) is 11.9. The first-order valence-corrected chi connectivity index (χ1v) is 7.50. The van der Waals surface area contributed by atoms with Crippen molar-refractivity contribution in [3.05, 3.63) is 0 Å². The fourth-order valence-corrected chi connectivity index (χ4v) is 3.17. The zero-order valence-electron chi connectivity index (χ0n) is 11.9. The Morgan fingerprint density at radius 2 is 2.00 bits per heavy atom. The van der Waals surface area contributed by atoms with Gasteiger partial charge in [-0.3, -0.25) is 24.7 Å². The third-order valence-corrected chi connectivity index (χ3v) is 4.84. The van der Waals surface area contributed by atoms with E-state index in [2.05, 4.69) is 17.1 Å². The first kappa shape index (κ1) is 13.5. The molecule has 0 aromatic heterocycles. The molecule has 0 bridgehead atoms. The van der Waals surface area contributed by atoms with Crippen molar-refractivity contribution in [1.82, 2.24) is 15.1 Å². The van der Waals surface area contributed by atoms with Crippen LogP contribution in [0.15, 0.2) is 0 Å². The van der Waals surface area contributed by atoms with Gasteiger partial charge in [-0.2, -0.15) is 0 Å². The molecule has 1 spiro atoms. The number of likely N-dealkylation sites (N-methyl/N-ethyl adjacent to an activating group) is 1. The van der Waals surface area contributed by atoms with Crippen molar-refractivity contribution in [2.75, 3.05) is 19.6 Å². The molecular formula is C14H21N3O3. The molecule has 0 aromatic carbocycles. The fourth-order valence-electron chi connectivity index (χ4n) is 3.17. The highest BCUT2D eigenvalue weighted by Crippen LogP contribution is 2.44. The summed E-state index contributed by atoms with van der Waals surface area (Å²) in [6.07, 6.45) is 4.43. The Kier molecular flexibility index (Phi) is 3.28. The van der Waals surface area contributed by atoms with E-state index in [1.807, 2.05) is 0 Å². The molecule has 1 heterocycles. The van der Waals surface area contributed by atoms with E-state index in [0.29, 0.717) is 32.0 Å². The van der Waals surface area contributed by atoms with Crippen molar-refractivity contribution in [3.63, 3.8) is 0 Å². The molecule has 6 nitrogen and oxygen atoms in total. The number of rotatable bonds is 5. The number of nitrogens with zero attached hydrogens (tertiary/aromatic N) is 2. The molecule has 0 atom stereocenters. The highest BCUT2D eigenvalue weighted by atomic mass is 16.2. The highest BCUT2D eigenvalue weighted by molar-refractivity contribution is 6.19. The van der Waals surface area contributed by atoms with Crippen molar-refractivity contribution < 1.29 is 14.4 Å². The van der Waals surface area contributed by atoms with Gasteiger partial charge in [-0.1, -0.05) is 13.3 Å². The molecular weight excluding hydrogens is 258 g/mol. The van der Waals surface area contributed by atoms with E-state index in [0.717, 1.165) is 13.0 Å². The molecule has 4 amide bonds. The minimum atomic E-state index is -0.940. The predicted octanol–water partition coefficient (Wildman–Crippen LogP) is 0.719. The summed E-state index contributed by atoms with van der Waals surface area (Å²) in [6, 6.07) is 0.0617. The van der Waals surface area contributed by atoms with E-state index in [1.54, 1.807) is 0 Å². The Balaban J connectivity index is 1.66. The molecule has 20 heavy (non-hydrogen) atoms. The maximum Gasteiger partial charge on any atom is 0.330 e. The second-order valence-electron chi connectivity index (χ2n) is 6.01. The number of urea groups is 1. The molecule has 0 aromatic rings. The number of hydrogen-bond acceptors (Lipinski definition) is 4. The van der Waals surface area contributed by atoms with Gasteiger partial charge in [0.2, 0.25) is 11.8 Å². The SMILES string of the molecule is CCN(CCN1C(=O)NC(=O)C2(CCC2)C1=O)C1CC1. The number of barbiturate groups is 1. The van der Waals surface area contributed by atoms with Crippen LogP contribution in [0.4, 0.5) is 4.79 Å². The van der Waals surface area contributed by atoms with Crippen molar-refractivity contribution in [2.24, 2.45) is 5.41 Å². The topological polar surface area (TPSA) is 69.7 Å². The summed E-state index contributed by atoms with van der Waals surface area (Å²) >= 11 is 0. The van der Waals surface area contributed by atoms with Crippen LogP contribution in [0.2, 0.25) is 0 Å². The van der Waals surface area contributed by atoms with Gasteiger partial charge in [0.1, 0.15) is 5.41 Å². The number of amides is 4. The van der Waals surface area contributed by atoms with Gasteiger partial charge in [0, 0.05) is 19.1 Å². The maximum absolute atomic E-state index is 12.5. The average Bonchev–Trinajstić information content (AvgIpc) is 3.15. The third kappa shape index (κ3) is 2.02. The van der Waals surface area contributed by atoms with Crippen LogP contribution >= 0.6 is 0 Å². The van der Waals surface area contributed by atoms with Gasteiger partial charge in [-0.05, 0) is 32.2 Å². The summed E-state index contributed by atoms with van der Waals surface area (Å²) in [5.74, 6) is -0.686. The van der Waals surface area contributed by atoms with E-state index in [4.69, 9.17) is 0 Å². The van der Waals surface area contributed by atoms with Gasteiger partial charge in [0.05, 0.1) is 0 Å². The second-order valence-corrected chi connectivity index (χ2v) is 6.01. The first-order valence-electron chi connectivity index (χ1n) is 7.50. The van der Waals surface area contributed by atoms with Gasteiger partial charge in [-0.15, -0.1) is 0 Å². The molecule has 6 heteroatoms. The minimum absolute atomic E-state index is 0.288. The van der Waals surface area contributed by atoms with Crippen molar-refractivity contribution in [3.8, 4) is 0 Å². The molecule has 2 saturated carbocycles. The lowest BCUT2D eigenvalue weighted by molar-refractivity contribution is -0.157. The molecule has 3 aliphatic rings. The summed E-state index contributed by atoms with van der Waals surface area (Å²) in [4.78, 5) is 39.8. The number of imide groups is 2. The Bertz CT molecular complexity index is 455. The van der Waals surface area contributed by atoms with E-state index in [9.17, 15) is 14.4 Å². The number of nitrogens with one attached hydrogen (secondary N) is 1. The monoisotopic (exact) mass is 279 g/mol. The lowest BCUT2D eigenvalue weighted by Gasteiger charge is -2.44. The quantitative estimate of drug-likeness (QED) is 0.753. The molecule has 3 rings (SSSR count). The van der Waals surface area contributed by atoms with Crippen LogP contribution in [0.1, 0.15) is 39.0 Å². The Hall–Kier alpha value is -1.43. The molecule has 0 radical (unpaired) electrons. The number of carbonyl (C=O) groups is 3. The van der Waals surface area contributed by atoms with E-state index >= 15 is 0 Å². The first-order chi connectivity index (χ1) is 9.58. The van der Waals surface area contributed by atoms with Crippen LogP contribution in [0.25, 0.3) is 0 Å². The number of hydrogen-bond donors (Lipinski definition) is 1. The summed E-state index contributed by atoms with van der Waals surface area (Å²) in [5, 5.41) is 2.35. The zero-order chi connectivity index (χ0) is 14.3. The lowest BCUT2D eigenvalue weighted by Crippen LogP contribution is -2.66. The third-order valence-electron chi connectivity index (χ3n) is 4.84. The average molecular weight is 279 g/mol. The second kappa shape index (κ2) is 4.84. The minimum Gasteiger partial charge on any atom is -0.299 e. The molecule has 1 saturated heterocycles. The predicted molar refractivity (Wildman–Crippen MR) is 71.8 cm³/mol. The maximum atomic E-state index is 12.5. The van der Waals surface area contributed by atoms with Crippen LogP contribution in [-0.2, 0) is 9.59 Å². The molecule has 3 fully saturated rings. The van der Waals surface area contributed by atoms with Crippen LogP contribution in [0.3, 0.4) is 0 Å². The van der Waals surface area contributed by atoms with Gasteiger partial charge in [-0.25, -0.2) is 4.79 Å². The molecule has 1 N–H and O–H groups in total. The van der Waals surface area contributed by atoms with Gasteiger partial charge in [0.25, 0.3) is 0 Å². The molecule has 0 unspecified atom stereocenters. The smallest absolute Gasteiger partial charge is 0.299 e. The van der Waals surface area contributed by atoms with Crippen molar-refractivity contribution in [2.45, 2.75) is 45.1 Å². The van der Waals surface area contributed by atoms with Crippen LogP contribution in [-0.4, -0.2) is 53.3 Å². The van der Waals surface area contributed by atoms with Crippen molar-refractivity contribution >= 4 is 17.8 Å². The van der Waals surface area contributed by atoms with Gasteiger partial charge >= 0.3 is 6.03 Å². The van der Waals surface area contributed by atoms with Gasteiger partial charge < -0.3 is 0 Å². The van der Waals surface area contributed by atoms with Crippen molar-refractivity contribution in [1.29, 1.82) is 0 Å². The fraction of sp³-hybridized carbons (Fsp3) is 0.786. The highest BCUT2D eigenvalue weighted by Gasteiger charge is 2.57. The Morgan fingerprint density at radius 3 is 2.50 bits per heavy atom. The van der Waals surface area contributed by atoms with Gasteiger partial charge in [0.15, 0.2) is 0 Å². The largest absolute Gasteiger partial charge is 0.330 e. The van der Waals surface area contributed by atoms with E-state index in [1.165, 1.54) is 17.7 Å². The van der Waals surface area contributed by atoms with E-state index < -0.39 is 17.4 Å². The summed E-state index contributed by atoms with van der Waals surface area (Å²) < 4.78 is 0. The molecule has 2 aliphatic carbocycles. The number of carbonyl (C=O) groups excluding carboxylic acids is 3. The van der Waals surface area contributed by atoms with E-state index in [-0.39, 0.29) is 5.91 Å². The molecule has 1 aliphatic heterocycles. The standard InChI is InChI=1S/C14H21N3O3/c1-2-16(10-4-5-10)8-9-17-12(19)14(6-3-7-14)11(18)15-13(17)20/h10H,2-9H2,1H3,(H,15,18,20). The lowest BCUT2D eigenvalue weighted by atomic mass is 9.66. The summed E-state index contributed by atoms with van der Waals surface area (Å²) in [7, 11) is 0.